The minimum Gasteiger partial charge on any atom is -0.472 e. The fraction of sp³-hybridized carbons (Fsp3) is 0.133. The van der Waals surface area contributed by atoms with E-state index < -0.39 is 0 Å². The maximum Gasteiger partial charge on any atom is 0.241 e. The fourth-order valence-electron chi connectivity index (χ4n) is 1.94. The Morgan fingerprint density at radius 2 is 2.05 bits per heavy atom. The molecule has 0 spiro atoms. The Morgan fingerprint density at radius 1 is 1.24 bits per heavy atom. The molecule has 21 heavy (non-hydrogen) atoms. The number of hydrogen-bond acceptors (Lipinski definition) is 4. The number of nitrogens with zero attached hydrogens (tertiary/aromatic N) is 4. The van der Waals surface area contributed by atoms with E-state index in [1.165, 1.54) is 12.1 Å². The van der Waals surface area contributed by atoms with Gasteiger partial charge < -0.3 is 4.74 Å². The van der Waals surface area contributed by atoms with Crippen LogP contribution in [0.25, 0.3) is 5.57 Å². The predicted molar refractivity (Wildman–Crippen MR) is 76.1 cm³/mol. The highest BCUT2D eigenvalue weighted by Crippen LogP contribution is 2.26. The third-order valence-electron chi connectivity index (χ3n) is 2.93. The van der Waals surface area contributed by atoms with E-state index in [-0.39, 0.29) is 5.82 Å². The minimum atomic E-state index is -0.279. The molecule has 5 nitrogen and oxygen atoms in total. The average molecular weight is 284 g/mol. The Hall–Kier alpha value is -2.76. The predicted octanol–water partition coefficient (Wildman–Crippen LogP) is 3.60. The lowest BCUT2D eigenvalue weighted by atomic mass is 10.1. The van der Waals surface area contributed by atoms with Crippen molar-refractivity contribution in [2.24, 2.45) is 17.3 Å². The summed E-state index contributed by atoms with van der Waals surface area (Å²) in [7, 11) is 1.81. The normalized spacial score (nSPS) is 14.8. The van der Waals surface area contributed by atoms with Crippen molar-refractivity contribution in [1.82, 2.24) is 9.78 Å². The molecular formula is C15H13FN4O. The summed E-state index contributed by atoms with van der Waals surface area (Å²) >= 11 is 0. The van der Waals surface area contributed by atoms with Gasteiger partial charge in [-0.05, 0) is 29.8 Å². The second kappa shape index (κ2) is 5.70. The number of aromatic nitrogens is 2. The van der Waals surface area contributed by atoms with Crippen molar-refractivity contribution in [2.45, 2.75) is 0 Å². The third kappa shape index (κ3) is 3.05. The molecule has 0 saturated carbocycles. The number of halogens is 1. The van der Waals surface area contributed by atoms with Crippen LogP contribution < -0.4 is 0 Å². The third-order valence-corrected chi connectivity index (χ3v) is 2.93. The van der Waals surface area contributed by atoms with Crippen LogP contribution >= 0.6 is 0 Å². The summed E-state index contributed by atoms with van der Waals surface area (Å²) in [5.41, 5.74) is 2.24. The lowest BCUT2D eigenvalue weighted by molar-refractivity contribution is 0.240. The average Bonchev–Trinajstić information content (AvgIpc) is 2.92. The second-order valence-corrected chi connectivity index (χ2v) is 4.51. The number of allylic oxidation sites excluding steroid dienone is 2. The molecule has 1 aliphatic rings. The van der Waals surface area contributed by atoms with E-state index in [9.17, 15) is 4.39 Å². The van der Waals surface area contributed by atoms with Gasteiger partial charge in [-0.15, -0.1) is 10.2 Å². The summed E-state index contributed by atoms with van der Waals surface area (Å²) in [4.78, 5) is 0. The first kappa shape index (κ1) is 13.2. The van der Waals surface area contributed by atoms with Crippen molar-refractivity contribution in [2.75, 3.05) is 6.61 Å². The van der Waals surface area contributed by atoms with Crippen LogP contribution in [0, 0.1) is 5.82 Å². The highest BCUT2D eigenvalue weighted by atomic mass is 19.1. The van der Waals surface area contributed by atoms with Gasteiger partial charge in [0.05, 0.1) is 12.4 Å². The van der Waals surface area contributed by atoms with E-state index in [0.29, 0.717) is 18.2 Å². The van der Waals surface area contributed by atoms with Gasteiger partial charge >= 0.3 is 0 Å². The number of azo groups is 1. The molecule has 0 radical (unpaired) electrons. The molecule has 0 saturated heterocycles. The molecule has 2 aromatic rings. The summed E-state index contributed by atoms with van der Waals surface area (Å²) in [6.07, 6.45) is 7.14. The van der Waals surface area contributed by atoms with Gasteiger partial charge in [-0.25, -0.2) is 4.39 Å². The fourth-order valence-corrected chi connectivity index (χ4v) is 1.94. The molecule has 1 aromatic carbocycles. The van der Waals surface area contributed by atoms with Crippen molar-refractivity contribution < 1.29 is 9.13 Å². The molecule has 2 heterocycles. The van der Waals surface area contributed by atoms with Gasteiger partial charge in [-0.2, -0.15) is 5.10 Å². The molecule has 0 atom stereocenters. The Balaban J connectivity index is 1.93. The van der Waals surface area contributed by atoms with Crippen molar-refractivity contribution >= 4 is 11.3 Å². The van der Waals surface area contributed by atoms with Crippen LogP contribution in [0.1, 0.15) is 5.56 Å². The zero-order chi connectivity index (χ0) is 14.7. The van der Waals surface area contributed by atoms with Crippen LogP contribution in [0.15, 0.2) is 64.9 Å². The van der Waals surface area contributed by atoms with Gasteiger partial charge in [0.25, 0.3) is 0 Å². The molecule has 0 unspecified atom stereocenters. The summed E-state index contributed by atoms with van der Waals surface area (Å²) in [5, 5.41) is 12.2. The van der Waals surface area contributed by atoms with Crippen LogP contribution in [0.3, 0.4) is 0 Å². The van der Waals surface area contributed by atoms with Crippen LogP contribution in [0.2, 0.25) is 0 Å². The van der Waals surface area contributed by atoms with Gasteiger partial charge in [0.1, 0.15) is 18.1 Å². The van der Waals surface area contributed by atoms with Gasteiger partial charge in [-0.3, -0.25) is 4.68 Å². The number of rotatable bonds is 3. The number of hydrogen-bond donors (Lipinski definition) is 0. The molecule has 0 bridgehead atoms. The summed E-state index contributed by atoms with van der Waals surface area (Å²) < 4.78 is 20.2. The second-order valence-electron chi connectivity index (χ2n) is 4.51. The Bertz CT molecular complexity index is 728. The van der Waals surface area contributed by atoms with E-state index in [4.69, 9.17) is 4.74 Å². The van der Waals surface area contributed by atoms with E-state index in [1.54, 1.807) is 29.2 Å². The Labute approximate surface area is 121 Å². The molecular weight excluding hydrogens is 271 g/mol. The van der Waals surface area contributed by atoms with E-state index in [0.717, 1.165) is 11.1 Å². The van der Waals surface area contributed by atoms with Gasteiger partial charge in [0, 0.05) is 12.6 Å². The zero-order valence-electron chi connectivity index (χ0n) is 11.4. The minimum absolute atomic E-state index is 0.279. The SMILES string of the molecule is Cn1cc(N=NC2=C(c3ccc(F)cc3)C=CCO2)cn1. The Kier molecular flexibility index (Phi) is 3.59. The smallest absolute Gasteiger partial charge is 0.241 e. The first-order valence-corrected chi connectivity index (χ1v) is 6.42. The zero-order valence-corrected chi connectivity index (χ0v) is 11.4. The van der Waals surface area contributed by atoms with Crippen molar-refractivity contribution in [3.05, 3.63) is 66.1 Å². The summed E-state index contributed by atoms with van der Waals surface area (Å²) in [6.45, 7) is 0.437. The van der Waals surface area contributed by atoms with E-state index in [1.807, 2.05) is 19.2 Å². The quantitative estimate of drug-likeness (QED) is 0.809. The molecule has 106 valence electrons. The first-order chi connectivity index (χ1) is 10.2. The van der Waals surface area contributed by atoms with E-state index in [2.05, 4.69) is 15.3 Å². The lowest BCUT2D eigenvalue weighted by Crippen LogP contribution is -1.99. The van der Waals surface area contributed by atoms with Crippen LogP contribution in [0.5, 0.6) is 0 Å². The molecule has 3 rings (SSSR count). The molecule has 6 heteroatoms. The Morgan fingerprint density at radius 3 is 2.76 bits per heavy atom. The van der Waals surface area contributed by atoms with Crippen molar-refractivity contribution in [1.29, 1.82) is 0 Å². The summed E-state index contributed by atoms with van der Waals surface area (Å²) in [6, 6.07) is 6.17. The molecule has 0 N–H and O–H groups in total. The van der Waals surface area contributed by atoms with Crippen LogP contribution in [-0.2, 0) is 11.8 Å². The van der Waals surface area contributed by atoms with Gasteiger partial charge in [0.2, 0.25) is 5.88 Å². The van der Waals surface area contributed by atoms with Gasteiger partial charge in [0.15, 0.2) is 0 Å². The number of aryl methyl sites for hydroxylation is 1. The standard InChI is InChI=1S/C15H13FN4O/c1-20-10-13(9-17-20)18-19-15-14(3-2-8-21-15)11-4-6-12(16)7-5-11/h2-7,9-10H,8H2,1H3. The van der Waals surface area contributed by atoms with E-state index >= 15 is 0 Å². The van der Waals surface area contributed by atoms with Crippen molar-refractivity contribution in [3.8, 4) is 0 Å². The summed E-state index contributed by atoms with van der Waals surface area (Å²) in [5.74, 6) is 0.131. The van der Waals surface area contributed by atoms with Crippen LogP contribution in [-0.4, -0.2) is 16.4 Å². The van der Waals surface area contributed by atoms with Gasteiger partial charge in [-0.1, -0.05) is 12.1 Å². The highest BCUT2D eigenvalue weighted by Gasteiger charge is 2.12. The van der Waals surface area contributed by atoms with Crippen LogP contribution in [0.4, 0.5) is 10.1 Å². The van der Waals surface area contributed by atoms with Crippen molar-refractivity contribution in [3.63, 3.8) is 0 Å². The monoisotopic (exact) mass is 284 g/mol. The largest absolute Gasteiger partial charge is 0.472 e. The lowest BCUT2D eigenvalue weighted by Gasteiger charge is -2.12. The molecule has 1 aliphatic heterocycles. The highest BCUT2D eigenvalue weighted by molar-refractivity contribution is 5.76. The first-order valence-electron chi connectivity index (χ1n) is 6.42. The topological polar surface area (TPSA) is 51.8 Å². The number of benzene rings is 1. The maximum absolute atomic E-state index is 13.0. The number of ether oxygens (including phenoxy) is 1. The molecule has 1 aromatic heterocycles. The molecule has 0 amide bonds. The molecule has 0 fully saturated rings. The molecule has 0 aliphatic carbocycles. The maximum atomic E-state index is 13.0.